The van der Waals surface area contributed by atoms with E-state index in [2.05, 4.69) is 10.6 Å². The molecule has 2 N–H and O–H groups in total. The van der Waals surface area contributed by atoms with Crippen LogP contribution in [0.1, 0.15) is 75.2 Å². The van der Waals surface area contributed by atoms with Crippen molar-refractivity contribution in [3.63, 3.8) is 0 Å². The van der Waals surface area contributed by atoms with Gasteiger partial charge in [0.1, 0.15) is 30.2 Å². The average Bonchev–Trinajstić information content (AvgIpc) is 3.03. The van der Waals surface area contributed by atoms with E-state index in [1.165, 1.54) is 44.5 Å². The Kier molecular flexibility index (Phi) is 19.0. The molecule has 0 aromatic rings. The van der Waals surface area contributed by atoms with Crippen LogP contribution in [0.3, 0.4) is 0 Å². The summed E-state index contributed by atoms with van der Waals surface area (Å²) in [5, 5.41) is 7.10. The lowest BCUT2D eigenvalue weighted by Gasteiger charge is -2.41. The normalized spacial score (nSPS) is 16.0. The van der Waals surface area contributed by atoms with E-state index < -0.39 is 53.8 Å². The molecule has 0 rings (SSSR count). The molecule has 270 valence electrons. The van der Waals surface area contributed by atoms with E-state index in [1.807, 2.05) is 61.6 Å². The number of hydrogen-bond acceptors (Lipinski definition) is 7. The first kappa shape index (κ1) is 43.9. The summed E-state index contributed by atoms with van der Waals surface area (Å²) in [4.78, 5) is 86.4. The fourth-order valence-electron chi connectivity index (χ4n) is 5.66. The average molecular weight is 683 g/mol. The van der Waals surface area contributed by atoms with Gasteiger partial charge in [-0.05, 0) is 42.3 Å². The van der Waals surface area contributed by atoms with Gasteiger partial charge in [-0.15, -0.1) is 11.8 Å². The molecule has 0 radical (unpaired) electrons. The van der Waals surface area contributed by atoms with Crippen LogP contribution in [0.15, 0.2) is 11.5 Å². The topological polar surface area (TPSA) is 139 Å². The molecular formula is C34H62N6O6S. The van der Waals surface area contributed by atoms with Crippen molar-refractivity contribution in [3.8, 4) is 0 Å². The van der Waals surface area contributed by atoms with E-state index in [1.54, 1.807) is 40.5 Å². The highest BCUT2D eigenvalue weighted by Crippen LogP contribution is 2.23. The zero-order valence-electron chi connectivity index (χ0n) is 31.4. The predicted molar refractivity (Wildman–Crippen MR) is 189 cm³/mol. The van der Waals surface area contributed by atoms with Crippen molar-refractivity contribution in [2.75, 3.05) is 41.5 Å². The number of carbonyl (C=O) groups is 6. The number of carbonyl (C=O) groups excluding carboxylic acids is 6. The molecule has 0 saturated carbocycles. The van der Waals surface area contributed by atoms with E-state index in [0.29, 0.717) is 12.8 Å². The van der Waals surface area contributed by atoms with Gasteiger partial charge >= 0.3 is 0 Å². The van der Waals surface area contributed by atoms with Crippen LogP contribution >= 0.6 is 11.8 Å². The lowest BCUT2D eigenvalue weighted by Crippen LogP contribution is -2.62. The Morgan fingerprint density at radius 1 is 0.638 bits per heavy atom. The first-order valence-electron chi connectivity index (χ1n) is 16.5. The molecular weight excluding hydrogens is 620 g/mol. The third kappa shape index (κ3) is 11.5. The smallest absolute Gasteiger partial charge is 0.247 e. The first-order valence-corrected chi connectivity index (χ1v) is 17.8. The Hall–Kier alpha value is -3.09. The van der Waals surface area contributed by atoms with Gasteiger partial charge in [0.05, 0.1) is 0 Å². The second-order valence-corrected chi connectivity index (χ2v) is 13.9. The van der Waals surface area contributed by atoms with Crippen molar-refractivity contribution in [2.45, 2.75) is 105 Å². The zero-order chi connectivity index (χ0) is 36.9. The van der Waals surface area contributed by atoms with Gasteiger partial charge in [-0.3, -0.25) is 28.8 Å². The monoisotopic (exact) mass is 682 g/mol. The highest BCUT2D eigenvalue weighted by molar-refractivity contribution is 8.01. The summed E-state index contributed by atoms with van der Waals surface area (Å²) in [6, 6.07) is -4.37. The Bertz CT molecular complexity index is 1110. The number of hydrogen-bond donors (Lipinski definition) is 2. The van der Waals surface area contributed by atoms with E-state index in [0.717, 1.165) is 0 Å². The van der Waals surface area contributed by atoms with E-state index in [4.69, 9.17) is 0 Å². The molecule has 12 nitrogen and oxygen atoms in total. The van der Waals surface area contributed by atoms with Crippen LogP contribution in [0.25, 0.3) is 0 Å². The van der Waals surface area contributed by atoms with E-state index in [9.17, 15) is 28.8 Å². The summed E-state index contributed by atoms with van der Waals surface area (Å²) in [5.74, 6) is -3.39. The highest BCUT2D eigenvalue weighted by Gasteiger charge is 2.43. The lowest BCUT2D eigenvalue weighted by molar-refractivity contribution is -0.156. The standard InChI is InChI=1S/C34H62N6O6S/c1-16-22(7)26(30(42)35-10)36-31(43)27(20(3)4)38(12)33(45)28(21(5)6)39(13)34(46)29(23(8)17-2)40(14)32(44)24(9)37(11)25(41)18-19-47-15/h18-24,26-29H,16-17H2,1-15H3,(H,35,42)(H,36,43)/b19-18+/t22-,23-,24-,26-,27-,28-,29-/m0/s1. The minimum absolute atomic E-state index is 0.135. The largest absolute Gasteiger partial charge is 0.357 e. The molecule has 7 atom stereocenters. The van der Waals surface area contributed by atoms with Gasteiger partial charge in [0.15, 0.2) is 0 Å². The molecule has 0 fully saturated rings. The maximum Gasteiger partial charge on any atom is 0.247 e. The number of amides is 6. The number of thioether (sulfide) groups is 1. The Labute approximate surface area is 287 Å². The van der Waals surface area contributed by atoms with Gasteiger partial charge < -0.3 is 30.2 Å². The molecule has 0 bridgehead atoms. The molecule has 13 heteroatoms. The Morgan fingerprint density at radius 3 is 1.51 bits per heavy atom. The molecule has 0 aromatic carbocycles. The molecule has 6 amide bonds. The van der Waals surface area contributed by atoms with E-state index >= 15 is 0 Å². The molecule has 0 unspecified atom stereocenters. The minimum Gasteiger partial charge on any atom is -0.357 e. The minimum atomic E-state index is -0.945. The van der Waals surface area contributed by atoms with Gasteiger partial charge in [-0.25, -0.2) is 0 Å². The van der Waals surface area contributed by atoms with E-state index in [-0.39, 0.29) is 35.5 Å². The molecule has 47 heavy (non-hydrogen) atoms. The van der Waals surface area contributed by atoms with Crippen LogP contribution < -0.4 is 10.6 Å². The SMILES string of the molecule is CC[C@H](C)[C@H](NC(=O)[C@H](C(C)C)N(C)C(=O)[C@H](C(C)C)N(C)C(=O)[C@H]([C@@H](C)CC)N(C)C(=O)[C@H](C)N(C)C(=O)/C=C/SC)C(=O)NC. The Balaban J connectivity index is 6.47. The van der Waals surface area contributed by atoms with Gasteiger partial charge in [0.2, 0.25) is 35.4 Å². The third-order valence-electron chi connectivity index (χ3n) is 9.19. The summed E-state index contributed by atoms with van der Waals surface area (Å²) in [6.07, 6.45) is 4.46. The molecule has 0 aliphatic carbocycles. The van der Waals surface area contributed by atoms with Crippen molar-refractivity contribution >= 4 is 47.2 Å². The summed E-state index contributed by atoms with van der Waals surface area (Å²) < 4.78 is 0. The zero-order valence-corrected chi connectivity index (χ0v) is 32.2. The maximum absolute atomic E-state index is 14.3. The summed E-state index contributed by atoms with van der Waals surface area (Å²) >= 11 is 1.37. The second kappa shape index (κ2) is 20.3. The van der Waals surface area contributed by atoms with Crippen LogP contribution in [-0.2, 0) is 28.8 Å². The van der Waals surface area contributed by atoms with Crippen LogP contribution in [0.2, 0.25) is 0 Å². The van der Waals surface area contributed by atoms with Crippen molar-refractivity contribution < 1.29 is 28.8 Å². The van der Waals surface area contributed by atoms with Crippen LogP contribution in [0, 0.1) is 23.7 Å². The van der Waals surface area contributed by atoms with Gasteiger partial charge in [-0.2, -0.15) is 0 Å². The fourth-order valence-corrected chi connectivity index (χ4v) is 5.91. The van der Waals surface area contributed by atoms with Crippen LogP contribution in [-0.4, -0.2) is 127 Å². The van der Waals surface area contributed by atoms with Crippen LogP contribution in [0.4, 0.5) is 0 Å². The second-order valence-electron chi connectivity index (χ2n) is 13.2. The summed E-state index contributed by atoms with van der Waals surface area (Å²) in [5.41, 5.74) is 0. The molecule has 0 aliphatic heterocycles. The number of nitrogens with zero attached hydrogens (tertiary/aromatic N) is 4. The fraction of sp³-hybridized carbons (Fsp3) is 0.765. The molecule has 0 saturated heterocycles. The van der Waals surface area contributed by atoms with Gasteiger partial charge in [-0.1, -0.05) is 68.2 Å². The Morgan fingerprint density at radius 2 is 1.09 bits per heavy atom. The third-order valence-corrected chi connectivity index (χ3v) is 9.60. The number of rotatable bonds is 18. The van der Waals surface area contributed by atoms with Crippen molar-refractivity contribution in [3.05, 3.63) is 11.5 Å². The number of likely N-dealkylation sites (N-methyl/N-ethyl adjacent to an activating group) is 5. The maximum atomic E-state index is 14.3. The summed E-state index contributed by atoms with van der Waals surface area (Å²) in [7, 11) is 7.70. The summed E-state index contributed by atoms with van der Waals surface area (Å²) in [6.45, 7) is 16.5. The highest BCUT2D eigenvalue weighted by atomic mass is 32.2. The van der Waals surface area contributed by atoms with Gasteiger partial charge in [0, 0.05) is 41.3 Å². The van der Waals surface area contributed by atoms with Crippen LogP contribution in [0.5, 0.6) is 0 Å². The van der Waals surface area contributed by atoms with Crippen molar-refractivity contribution in [1.29, 1.82) is 0 Å². The quantitative estimate of drug-likeness (QED) is 0.212. The molecule has 0 aromatic heterocycles. The first-order chi connectivity index (χ1) is 21.8. The number of nitrogens with one attached hydrogen (secondary N) is 2. The lowest BCUT2D eigenvalue weighted by atomic mass is 9.92. The van der Waals surface area contributed by atoms with Gasteiger partial charge in [0.25, 0.3) is 0 Å². The van der Waals surface area contributed by atoms with Crippen molar-refractivity contribution in [2.24, 2.45) is 23.7 Å². The molecule has 0 heterocycles. The molecule has 0 aliphatic rings. The van der Waals surface area contributed by atoms with Crippen molar-refractivity contribution in [1.82, 2.24) is 30.2 Å². The molecule has 0 spiro atoms. The predicted octanol–water partition coefficient (Wildman–Crippen LogP) is 2.83.